The molecule has 1 fully saturated rings. The van der Waals surface area contributed by atoms with Gasteiger partial charge in [-0.2, -0.15) is 0 Å². The highest BCUT2D eigenvalue weighted by Crippen LogP contribution is 2.34. The van der Waals surface area contributed by atoms with Crippen molar-refractivity contribution in [1.29, 1.82) is 0 Å². The van der Waals surface area contributed by atoms with Crippen LogP contribution in [0.1, 0.15) is 17.7 Å². The van der Waals surface area contributed by atoms with Gasteiger partial charge in [0.05, 0.1) is 10.8 Å². The summed E-state index contributed by atoms with van der Waals surface area (Å²) in [5.74, 6) is 0.447. The van der Waals surface area contributed by atoms with E-state index in [1.807, 2.05) is 0 Å². The highest BCUT2D eigenvalue weighted by Gasteiger charge is 2.27. The van der Waals surface area contributed by atoms with Crippen LogP contribution >= 0.6 is 34.5 Å². The Hall–Kier alpha value is -0.0300. The molecule has 1 unspecified atom stereocenters. The molecule has 3 nitrogen and oxygen atoms in total. The average molecular weight is 294 g/mol. The van der Waals surface area contributed by atoms with Crippen molar-refractivity contribution >= 4 is 39.7 Å². The van der Waals surface area contributed by atoms with Crippen LogP contribution in [0.25, 0.3) is 0 Å². The fraction of sp³-hybridized carbons (Fsp3) is 0.727. The van der Waals surface area contributed by atoms with E-state index >= 15 is 0 Å². The van der Waals surface area contributed by atoms with Gasteiger partial charge < -0.3 is 9.80 Å². The van der Waals surface area contributed by atoms with Crippen LogP contribution in [-0.2, 0) is 5.88 Å². The third-order valence-electron chi connectivity index (χ3n) is 2.96. The SMILES string of the molecule is CN(C)CC1CCCN1c1nc(Cl)c(CCl)s1. The Morgan fingerprint density at radius 3 is 2.88 bits per heavy atom. The molecule has 1 aliphatic rings. The second-order valence-electron chi connectivity index (χ2n) is 4.60. The third kappa shape index (κ3) is 3.05. The van der Waals surface area contributed by atoms with Gasteiger partial charge in [-0.1, -0.05) is 22.9 Å². The van der Waals surface area contributed by atoms with Crippen LogP contribution in [0.4, 0.5) is 5.13 Å². The maximum Gasteiger partial charge on any atom is 0.187 e. The fourth-order valence-electron chi connectivity index (χ4n) is 2.23. The molecule has 1 saturated heterocycles. The molecule has 0 N–H and O–H groups in total. The minimum Gasteiger partial charge on any atom is -0.344 e. The predicted molar refractivity (Wildman–Crippen MR) is 75.6 cm³/mol. The molecule has 1 aromatic rings. The van der Waals surface area contributed by atoms with Gasteiger partial charge in [-0.25, -0.2) is 4.98 Å². The first kappa shape index (κ1) is 13.4. The van der Waals surface area contributed by atoms with Gasteiger partial charge in [-0.3, -0.25) is 0 Å². The summed E-state index contributed by atoms with van der Waals surface area (Å²) in [5, 5.41) is 1.59. The van der Waals surface area contributed by atoms with Gasteiger partial charge in [0.2, 0.25) is 0 Å². The molecule has 0 bridgehead atoms. The normalized spacial score (nSPS) is 20.5. The molecule has 0 amide bonds. The number of rotatable bonds is 4. The zero-order valence-electron chi connectivity index (χ0n) is 10.1. The Morgan fingerprint density at radius 1 is 1.53 bits per heavy atom. The summed E-state index contributed by atoms with van der Waals surface area (Å²) in [7, 11) is 4.21. The molecule has 0 spiro atoms. The molecule has 0 aliphatic carbocycles. The smallest absolute Gasteiger partial charge is 0.187 e. The van der Waals surface area contributed by atoms with E-state index in [2.05, 4.69) is 28.9 Å². The maximum atomic E-state index is 6.05. The van der Waals surface area contributed by atoms with E-state index in [9.17, 15) is 0 Å². The average Bonchev–Trinajstić information content (AvgIpc) is 2.83. The molecule has 2 heterocycles. The maximum absolute atomic E-state index is 6.05. The molecule has 6 heteroatoms. The summed E-state index contributed by atoms with van der Waals surface area (Å²) < 4.78 is 0. The van der Waals surface area contributed by atoms with Crippen LogP contribution in [0.2, 0.25) is 5.15 Å². The molecule has 0 saturated carbocycles. The quantitative estimate of drug-likeness (QED) is 0.796. The number of hydrogen-bond donors (Lipinski definition) is 0. The van der Waals surface area contributed by atoms with E-state index in [1.54, 1.807) is 11.3 Å². The lowest BCUT2D eigenvalue weighted by Crippen LogP contribution is -2.37. The van der Waals surface area contributed by atoms with Gasteiger partial charge in [-0.15, -0.1) is 11.6 Å². The van der Waals surface area contributed by atoms with E-state index in [0.29, 0.717) is 17.1 Å². The van der Waals surface area contributed by atoms with E-state index in [0.717, 1.165) is 23.1 Å². The Morgan fingerprint density at radius 2 is 2.29 bits per heavy atom. The molecule has 0 radical (unpaired) electrons. The molecular formula is C11H17Cl2N3S. The number of nitrogens with zero attached hydrogens (tertiary/aromatic N) is 3. The van der Waals surface area contributed by atoms with Crippen LogP contribution in [-0.4, -0.2) is 43.1 Å². The first-order valence-corrected chi connectivity index (χ1v) is 7.47. The number of likely N-dealkylation sites (N-methyl/N-ethyl adjacent to an activating group) is 1. The van der Waals surface area contributed by atoms with Gasteiger partial charge >= 0.3 is 0 Å². The zero-order chi connectivity index (χ0) is 12.4. The molecule has 17 heavy (non-hydrogen) atoms. The molecule has 1 atom stereocenters. The number of thiazole rings is 1. The predicted octanol–water partition coefficient (Wildman–Crippen LogP) is 3.07. The second-order valence-corrected chi connectivity index (χ2v) is 6.28. The van der Waals surface area contributed by atoms with Crippen LogP contribution in [0.5, 0.6) is 0 Å². The van der Waals surface area contributed by atoms with Crippen molar-refractivity contribution in [3.05, 3.63) is 10.0 Å². The van der Waals surface area contributed by atoms with E-state index in [4.69, 9.17) is 23.2 Å². The Bertz CT molecular complexity index is 381. The van der Waals surface area contributed by atoms with Gasteiger partial charge in [-0.05, 0) is 26.9 Å². The van der Waals surface area contributed by atoms with Crippen molar-refractivity contribution in [2.45, 2.75) is 24.8 Å². The van der Waals surface area contributed by atoms with Crippen molar-refractivity contribution in [2.75, 3.05) is 32.1 Å². The summed E-state index contributed by atoms with van der Waals surface area (Å²) in [6, 6.07) is 0.551. The summed E-state index contributed by atoms with van der Waals surface area (Å²) in [5.41, 5.74) is 0. The monoisotopic (exact) mass is 293 g/mol. The van der Waals surface area contributed by atoms with E-state index < -0.39 is 0 Å². The number of anilines is 1. The highest BCUT2D eigenvalue weighted by atomic mass is 35.5. The van der Waals surface area contributed by atoms with Crippen LogP contribution in [0.15, 0.2) is 0 Å². The molecule has 96 valence electrons. The minimum atomic E-state index is 0.447. The minimum absolute atomic E-state index is 0.447. The lowest BCUT2D eigenvalue weighted by Gasteiger charge is -2.26. The lowest BCUT2D eigenvalue weighted by atomic mass is 10.2. The van der Waals surface area contributed by atoms with Crippen LogP contribution < -0.4 is 4.90 Å². The summed E-state index contributed by atoms with van der Waals surface area (Å²) in [6.45, 7) is 2.14. The number of aromatic nitrogens is 1. The largest absolute Gasteiger partial charge is 0.344 e. The number of alkyl halides is 1. The van der Waals surface area contributed by atoms with Gasteiger partial charge in [0, 0.05) is 19.1 Å². The number of hydrogen-bond acceptors (Lipinski definition) is 4. The Kier molecular flexibility index (Phi) is 4.53. The van der Waals surface area contributed by atoms with Crippen LogP contribution in [0.3, 0.4) is 0 Å². The molecule has 1 aromatic heterocycles. The van der Waals surface area contributed by atoms with E-state index in [-0.39, 0.29) is 0 Å². The molecule has 2 rings (SSSR count). The number of halogens is 2. The van der Waals surface area contributed by atoms with E-state index in [1.165, 1.54) is 12.8 Å². The molecular weight excluding hydrogens is 277 g/mol. The van der Waals surface area contributed by atoms with Crippen LogP contribution in [0, 0.1) is 0 Å². The Labute approximate surface area is 116 Å². The van der Waals surface area contributed by atoms with Gasteiger partial charge in [0.1, 0.15) is 5.15 Å². The first-order valence-electron chi connectivity index (χ1n) is 5.74. The van der Waals surface area contributed by atoms with Crippen molar-refractivity contribution < 1.29 is 0 Å². The first-order chi connectivity index (χ1) is 8.11. The topological polar surface area (TPSA) is 19.4 Å². The molecule has 1 aliphatic heterocycles. The summed E-state index contributed by atoms with van der Waals surface area (Å²) >= 11 is 13.5. The van der Waals surface area contributed by atoms with Crippen molar-refractivity contribution in [3.63, 3.8) is 0 Å². The standard InChI is InChI=1S/C11H17Cl2N3S/c1-15(2)7-8-4-3-5-16(8)11-14-10(13)9(6-12)17-11/h8H,3-7H2,1-2H3. The highest BCUT2D eigenvalue weighted by molar-refractivity contribution is 7.16. The fourth-order valence-corrected chi connectivity index (χ4v) is 3.80. The second kappa shape index (κ2) is 5.74. The lowest BCUT2D eigenvalue weighted by molar-refractivity contribution is 0.372. The van der Waals surface area contributed by atoms with Gasteiger partial charge in [0.25, 0.3) is 0 Å². The van der Waals surface area contributed by atoms with Gasteiger partial charge in [0.15, 0.2) is 5.13 Å². The molecule has 0 aromatic carbocycles. The summed E-state index contributed by atoms with van der Waals surface area (Å²) in [6.07, 6.45) is 2.46. The van der Waals surface area contributed by atoms with Crippen molar-refractivity contribution in [2.24, 2.45) is 0 Å². The zero-order valence-corrected chi connectivity index (χ0v) is 12.4. The van der Waals surface area contributed by atoms with Crippen molar-refractivity contribution in [1.82, 2.24) is 9.88 Å². The van der Waals surface area contributed by atoms with Crippen molar-refractivity contribution in [3.8, 4) is 0 Å². The third-order valence-corrected chi connectivity index (χ3v) is 4.90. The summed E-state index contributed by atoms with van der Waals surface area (Å²) in [4.78, 5) is 9.99. The Balaban J connectivity index is 2.14.